The van der Waals surface area contributed by atoms with Crippen molar-refractivity contribution in [3.8, 4) is 0 Å². The molecule has 1 aliphatic heterocycles. The molecule has 1 saturated heterocycles. The van der Waals surface area contributed by atoms with E-state index in [-0.39, 0.29) is 24.5 Å². The van der Waals surface area contributed by atoms with Crippen molar-refractivity contribution in [3.63, 3.8) is 0 Å². The molecule has 1 aromatic heterocycles. The molecule has 0 aliphatic carbocycles. The summed E-state index contributed by atoms with van der Waals surface area (Å²) < 4.78 is 5.39. The second kappa shape index (κ2) is 9.15. The molecule has 0 aromatic carbocycles. The van der Waals surface area contributed by atoms with Gasteiger partial charge in [0.1, 0.15) is 6.04 Å². The van der Waals surface area contributed by atoms with Crippen LogP contribution in [0, 0.1) is 0 Å². The van der Waals surface area contributed by atoms with Crippen LogP contribution < -0.4 is 5.32 Å². The Labute approximate surface area is 147 Å². The molecule has 0 saturated carbocycles. The summed E-state index contributed by atoms with van der Waals surface area (Å²) in [6, 6.07) is 1.72. The van der Waals surface area contributed by atoms with Crippen LogP contribution in [0.2, 0.25) is 0 Å². The minimum Gasteiger partial charge on any atom is -0.377 e. The first-order valence-corrected chi connectivity index (χ1v) is 9.41. The fourth-order valence-corrected chi connectivity index (χ4v) is 3.81. The van der Waals surface area contributed by atoms with Crippen LogP contribution in [0.25, 0.3) is 0 Å². The number of thiophene rings is 1. The first-order chi connectivity index (χ1) is 11.6. The van der Waals surface area contributed by atoms with Crippen LogP contribution in [0.3, 0.4) is 0 Å². The highest BCUT2D eigenvalue weighted by Gasteiger charge is 2.31. The van der Waals surface area contributed by atoms with Gasteiger partial charge in [-0.15, -0.1) is 0 Å². The molecule has 2 heterocycles. The van der Waals surface area contributed by atoms with Crippen LogP contribution in [0.1, 0.15) is 32.4 Å². The number of rotatable bonds is 7. The SMILES string of the molecule is CCN(CC)[C@H](CNC(=O)[C@H]1COCCN1C(C)=O)c1ccsc1. The van der Waals surface area contributed by atoms with E-state index in [0.29, 0.717) is 19.7 Å². The van der Waals surface area contributed by atoms with Gasteiger partial charge in [-0.1, -0.05) is 13.8 Å². The van der Waals surface area contributed by atoms with Gasteiger partial charge in [0.05, 0.1) is 19.3 Å². The van der Waals surface area contributed by atoms with E-state index in [4.69, 9.17) is 4.74 Å². The molecule has 2 amide bonds. The van der Waals surface area contributed by atoms with Crippen molar-refractivity contribution in [3.05, 3.63) is 22.4 Å². The number of nitrogens with one attached hydrogen (secondary N) is 1. The van der Waals surface area contributed by atoms with Gasteiger partial charge in [-0.05, 0) is 35.5 Å². The fraction of sp³-hybridized carbons (Fsp3) is 0.647. The predicted molar refractivity (Wildman–Crippen MR) is 95.0 cm³/mol. The van der Waals surface area contributed by atoms with E-state index in [1.54, 1.807) is 16.2 Å². The van der Waals surface area contributed by atoms with E-state index in [1.807, 2.05) is 0 Å². The molecule has 2 rings (SSSR count). The minimum atomic E-state index is -0.531. The third kappa shape index (κ3) is 4.55. The summed E-state index contributed by atoms with van der Waals surface area (Å²) in [5, 5.41) is 7.21. The predicted octanol–water partition coefficient (Wildman–Crippen LogP) is 1.49. The summed E-state index contributed by atoms with van der Waals surface area (Å²) in [4.78, 5) is 28.2. The monoisotopic (exact) mass is 353 g/mol. The molecule has 1 fully saturated rings. The molecular weight excluding hydrogens is 326 g/mol. The highest BCUT2D eigenvalue weighted by Crippen LogP contribution is 2.22. The van der Waals surface area contributed by atoms with Crippen LogP contribution in [-0.4, -0.2) is 67.0 Å². The van der Waals surface area contributed by atoms with Crippen LogP contribution in [0.4, 0.5) is 0 Å². The molecule has 1 aliphatic rings. The molecule has 6 nitrogen and oxygen atoms in total. The Bertz CT molecular complexity index is 531. The first kappa shape index (κ1) is 18.9. The molecule has 0 unspecified atom stereocenters. The highest BCUT2D eigenvalue weighted by atomic mass is 32.1. The normalized spacial score (nSPS) is 19.3. The van der Waals surface area contributed by atoms with Crippen molar-refractivity contribution >= 4 is 23.2 Å². The van der Waals surface area contributed by atoms with Crippen molar-refractivity contribution in [2.45, 2.75) is 32.9 Å². The number of likely N-dealkylation sites (N-methyl/N-ethyl adjacent to an activating group) is 1. The van der Waals surface area contributed by atoms with E-state index in [2.05, 4.69) is 40.9 Å². The Morgan fingerprint density at radius 2 is 2.21 bits per heavy atom. The third-order valence-electron chi connectivity index (χ3n) is 4.49. The van der Waals surface area contributed by atoms with Gasteiger partial charge in [-0.25, -0.2) is 0 Å². The molecule has 1 N–H and O–H groups in total. The number of morpholine rings is 1. The zero-order valence-corrected chi connectivity index (χ0v) is 15.5. The zero-order chi connectivity index (χ0) is 17.5. The third-order valence-corrected chi connectivity index (χ3v) is 5.19. The maximum Gasteiger partial charge on any atom is 0.245 e. The number of nitrogens with zero attached hydrogens (tertiary/aromatic N) is 2. The van der Waals surface area contributed by atoms with Gasteiger partial charge in [0.2, 0.25) is 11.8 Å². The number of carbonyl (C=O) groups excluding carboxylic acids is 2. The lowest BCUT2D eigenvalue weighted by Crippen LogP contribution is -2.56. The molecule has 2 atom stereocenters. The van der Waals surface area contributed by atoms with E-state index < -0.39 is 6.04 Å². The second-order valence-electron chi connectivity index (χ2n) is 5.84. The van der Waals surface area contributed by atoms with Gasteiger partial charge in [0.25, 0.3) is 0 Å². The second-order valence-corrected chi connectivity index (χ2v) is 6.62. The van der Waals surface area contributed by atoms with E-state index in [0.717, 1.165) is 13.1 Å². The maximum absolute atomic E-state index is 12.6. The van der Waals surface area contributed by atoms with Crippen LogP contribution in [0.15, 0.2) is 16.8 Å². The van der Waals surface area contributed by atoms with Crippen molar-refractivity contribution in [1.82, 2.24) is 15.1 Å². The van der Waals surface area contributed by atoms with Gasteiger partial charge < -0.3 is 15.0 Å². The van der Waals surface area contributed by atoms with Gasteiger partial charge in [-0.2, -0.15) is 11.3 Å². The zero-order valence-electron chi connectivity index (χ0n) is 14.7. The lowest BCUT2D eigenvalue weighted by molar-refractivity contribution is -0.147. The number of hydrogen-bond acceptors (Lipinski definition) is 5. The van der Waals surface area contributed by atoms with Crippen molar-refractivity contribution in [1.29, 1.82) is 0 Å². The summed E-state index contributed by atoms with van der Waals surface area (Å²) in [6.45, 7) is 9.32. The topological polar surface area (TPSA) is 61.9 Å². The minimum absolute atomic E-state index is 0.0865. The first-order valence-electron chi connectivity index (χ1n) is 8.47. The number of ether oxygens (including phenoxy) is 1. The van der Waals surface area contributed by atoms with E-state index >= 15 is 0 Å². The molecule has 0 spiro atoms. The average molecular weight is 353 g/mol. The summed E-state index contributed by atoms with van der Waals surface area (Å²) in [7, 11) is 0. The number of amides is 2. The van der Waals surface area contributed by atoms with Gasteiger partial charge in [0, 0.05) is 20.0 Å². The molecule has 134 valence electrons. The molecule has 7 heteroatoms. The quantitative estimate of drug-likeness (QED) is 0.807. The smallest absolute Gasteiger partial charge is 0.245 e. The Hall–Kier alpha value is -1.44. The van der Waals surface area contributed by atoms with E-state index in [1.165, 1.54) is 12.5 Å². The molecule has 24 heavy (non-hydrogen) atoms. The average Bonchev–Trinajstić information content (AvgIpc) is 3.12. The standard InChI is InChI=1S/C17H27N3O3S/c1-4-19(5-2)15(14-6-9-24-12-14)10-18-17(22)16-11-23-8-7-20(16)13(3)21/h6,9,12,15-16H,4-5,7-8,10-11H2,1-3H3,(H,18,22)/t15-,16-/m1/s1. The van der Waals surface area contributed by atoms with Gasteiger partial charge >= 0.3 is 0 Å². The van der Waals surface area contributed by atoms with Crippen molar-refractivity contribution in [2.24, 2.45) is 0 Å². The van der Waals surface area contributed by atoms with Crippen LogP contribution >= 0.6 is 11.3 Å². The Morgan fingerprint density at radius 1 is 1.46 bits per heavy atom. The lowest BCUT2D eigenvalue weighted by Gasteiger charge is -2.35. The molecule has 0 bridgehead atoms. The van der Waals surface area contributed by atoms with Gasteiger partial charge in [0.15, 0.2) is 0 Å². The largest absolute Gasteiger partial charge is 0.377 e. The van der Waals surface area contributed by atoms with Crippen molar-refractivity contribution in [2.75, 3.05) is 39.4 Å². The van der Waals surface area contributed by atoms with Crippen LogP contribution in [-0.2, 0) is 14.3 Å². The number of carbonyl (C=O) groups is 2. The highest BCUT2D eigenvalue weighted by molar-refractivity contribution is 7.07. The van der Waals surface area contributed by atoms with Gasteiger partial charge in [-0.3, -0.25) is 14.5 Å². The van der Waals surface area contributed by atoms with E-state index in [9.17, 15) is 9.59 Å². The molecular formula is C17H27N3O3S. The number of hydrogen-bond donors (Lipinski definition) is 1. The van der Waals surface area contributed by atoms with Crippen LogP contribution in [0.5, 0.6) is 0 Å². The Kier molecular flexibility index (Phi) is 7.20. The maximum atomic E-state index is 12.6. The summed E-state index contributed by atoms with van der Waals surface area (Å²) in [6.07, 6.45) is 0. The van der Waals surface area contributed by atoms with Crippen molar-refractivity contribution < 1.29 is 14.3 Å². The summed E-state index contributed by atoms with van der Waals surface area (Å²) >= 11 is 1.66. The lowest BCUT2D eigenvalue weighted by atomic mass is 10.1. The fourth-order valence-electron chi connectivity index (χ4n) is 3.10. The Morgan fingerprint density at radius 3 is 2.79 bits per heavy atom. The molecule has 0 radical (unpaired) electrons. The summed E-state index contributed by atoms with van der Waals surface area (Å²) in [5.74, 6) is -0.228. The molecule has 1 aromatic rings. The Balaban J connectivity index is 2.02. The summed E-state index contributed by atoms with van der Waals surface area (Å²) in [5.41, 5.74) is 1.22.